The van der Waals surface area contributed by atoms with E-state index in [9.17, 15) is 4.39 Å². The number of nitriles is 1. The average molecular weight is 266 g/mol. The van der Waals surface area contributed by atoms with Crippen LogP contribution in [0, 0.1) is 17.1 Å². The molecule has 0 aliphatic heterocycles. The number of rotatable bonds is 1. The normalized spacial score (nSPS) is 10.0. The van der Waals surface area contributed by atoms with Crippen molar-refractivity contribution in [2.45, 2.75) is 0 Å². The van der Waals surface area contributed by atoms with Crippen molar-refractivity contribution in [3.8, 4) is 17.2 Å². The summed E-state index contributed by atoms with van der Waals surface area (Å²) in [5.74, 6) is -0.515. The average Bonchev–Trinajstić information content (AvgIpc) is 2.30. The van der Waals surface area contributed by atoms with E-state index in [1.807, 2.05) is 6.07 Å². The Hall–Kier alpha value is -1.56. The zero-order chi connectivity index (χ0) is 12.4. The molecule has 2 rings (SSSR count). The van der Waals surface area contributed by atoms with Crippen LogP contribution in [0.5, 0.6) is 0 Å². The fourth-order valence-electron chi connectivity index (χ4n) is 1.61. The molecule has 0 heterocycles. The van der Waals surface area contributed by atoms with E-state index in [-0.39, 0.29) is 11.1 Å². The van der Waals surface area contributed by atoms with Crippen molar-refractivity contribution in [1.82, 2.24) is 0 Å². The molecule has 0 N–H and O–H groups in total. The van der Waals surface area contributed by atoms with Crippen LogP contribution >= 0.6 is 23.2 Å². The molecule has 0 aliphatic rings. The predicted molar refractivity (Wildman–Crippen MR) is 66.6 cm³/mol. The summed E-state index contributed by atoms with van der Waals surface area (Å²) in [5.41, 5.74) is 0.705. The van der Waals surface area contributed by atoms with Crippen molar-refractivity contribution in [2.24, 2.45) is 0 Å². The minimum atomic E-state index is -0.515. The Labute approximate surface area is 108 Å². The molecular formula is C13H6Cl2FN. The molecule has 1 nitrogen and oxygen atoms in total. The van der Waals surface area contributed by atoms with Gasteiger partial charge < -0.3 is 0 Å². The molecule has 0 amide bonds. The lowest BCUT2D eigenvalue weighted by atomic mass is 9.99. The van der Waals surface area contributed by atoms with E-state index in [0.29, 0.717) is 15.6 Å². The van der Waals surface area contributed by atoms with Gasteiger partial charge in [0, 0.05) is 11.1 Å². The quantitative estimate of drug-likeness (QED) is 0.735. The van der Waals surface area contributed by atoms with Crippen molar-refractivity contribution in [3.63, 3.8) is 0 Å². The molecule has 0 fully saturated rings. The Morgan fingerprint density at radius 2 is 1.53 bits per heavy atom. The molecule has 17 heavy (non-hydrogen) atoms. The third-order valence-corrected chi connectivity index (χ3v) is 2.98. The molecule has 2 aromatic rings. The molecule has 0 unspecified atom stereocenters. The molecule has 84 valence electrons. The van der Waals surface area contributed by atoms with Gasteiger partial charge in [-0.15, -0.1) is 0 Å². The first-order valence-corrected chi connectivity index (χ1v) is 5.53. The minimum Gasteiger partial charge on any atom is -0.206 e. The molecular weight excluding hydrogens is 260 g/mol. The molecule has 0 aliphatic carbocycles. The standard InChI is InChI=1S/C13H6Cl2FN/c14-9-4-2-5-10(15)13(9)12-8(7-17)3-1-6-11(12)16/h1-6H. The van der Waals surface area contributed by atoms with Crippen LogP contribution in [0.15, 0.2) is 36.4 Å². The van der Waals surface area contributed by atoms with Crippen LogP contribution in [0.2, 0.25) is 10.0 Å². The van der Waals surface area contributed by atoms with Gasteiger partial charge in [-0.2, -0.15) is 5.26 Å². The maximum Gasteiger partial charge on any atom is 0.132 e. The maximum absolute atomic E-state index is 13.8. The Kier molecular flexibility index (Phi) is 3.33. The van der Waals surface area contributed by atoms with Crippen LogP contribution in [0.4, 0.5) is 4.39 Å². The lowest BCUT2D eigenvalue weighted by Crippen LogP contribution is -1.91. The van der Waals surface area contributed by atoms with Gasteiger partial charge in [0.05, 0.1) is 21.7 Å². The first-order chi connectivity index (χ1) is 8.15. The number of benzene rings is 2. The van der Waals surface area contributed by atoms with Crippen molar-refractivity contribution in [1.29, 1.82) is 5.26 Å². The van der Waals surface area contributed by atoms with E-state index in [0.717, 1.165) is 0 Å². The van der Waals surface area contributed by atoms with Crippen molar-refractivity contribution >= 4 is 23.2 Å². The van der Waals surface area contributed by atoms with Gasteiger partial charge >= 0.3 is 0 Å². The number of hydrogen-bond acceptors (Lipinski definition) is 1. The molecule has 0 spiro atoms. The minimum absolute atomic E-state index is 0.144. The third-order valence-electron chi connectivity index (χ3n) is 2.35. The van der Waals surface area contributed by atoms with Gasteiger partial charge in [-0.25, -0.2) is 4.39 Å². The van der Waals surface area contributed by atoms with E-state index in [2.05, 4.69) is 0 Å². The Morgan fingerprint density at radius 3 is 2.12 bits per heavy atom. The van der Waals surface area contributed by atoms with E-state index in [1.54, 1.807) is 18.2 Å². The largest absolute Gasteiger partial charge is 0.206 e. The van der Waals surface area contributed by atoms with Crippen molar-refractivity contribution in [3.05, 3.63) is 57.8 Å². The fourth-order valence-corrected chi connectivity index (χ4v) is 2.19. The SMILES string of the molecule is N#Cc1cccc(F)c1-c1c(Cl)cccc1Cl. The lowest BCUT2D eigenvalue weighted by molar-refractivity contribution is 0.631. The maximum atomic E-state index is 13.8. The molecule has 0 radical (unpaired) electrons. The molecule has 0 saturated heterocycles. The summed E-state index contributed by atoms with van der Waals surface area (Å²) in [7, 11) is 0. The van der Waals surface area contributed by atoms with Crippen LogP contribution in [0.3, 0.4) is 0 Å². The first-order valence-electron chi connectivity index (χ1n) is 4.78. The van der Waals surface area contributed by atoms with Crippen LogP contribution in [-0.2, 0) is 0 Å². The molecule has 0 aromatic heterocycles. The Balaban J connectivity index is 2.82. The van der Waals surface area contributed by atoms with E-state index in [4.69, 9.17) is 28.5 Å². The fraction of sp³-hybridized carbons (Fsp3) is 0. The molecule has 0 bridgehead atoms. The topological polar surface area (TPSA) is 23.8 Å². The highest BCUT2D eigenvalue weighted by Gasteiger charge is 2.16. The molecule has 0 atom stereocenters. The number of hydrogen-bond donors (Lipinski definition) is 0. The van der Waals surface area contributed by atoms with Crippen LogP contribution in [-0.4, -0.2) is 0 Å². The summed E-state index contributed by atoms with van der Waals surface area (Å²) in [4.78, 5) is 0. The lowest BCUT2D eigenvalue weighted by Gasteiger charge is -2.09. The summed E-state index contributed by atoms with van der Waals surface area (Å²) in [5, 5.41) is 9.62. The second kappa shape index (κ2) is 4.75. The smallest absolute Gasteiger partial charge is 0.132 e. The van der Waals surface area contributed by atoms with Crippen LogP contribution < -0.4 is 0 Å². The van der Waals surface area contributed by atoms with Gasteiger partial charge in [0.25, 0.3) is 0 Å². The van der Waals surface area contributed by atoms with Gasteiger partial charge in [-0.3, -0.25) is 0 Å². The number of nitrogens with zero attached hydrogens (tertiary/aromatic N) is 1. The summed E-state index contributed by atoms with van der Waals surface area (Å²) in [6, 6.07) is 11.1. The number of halogens is 3. The molecule has 4 heteroatoms. The van der Waals surface area contributed by atoms with E-state index >= 15 is 0 Å². The van der Waals surface area contributed by atoms with Gasteiger partial charge in [0.1, 0.15) is 5.82 Å². The van der Waals surface area contributed by atoms with Crippen molar-refractivity contribution < 1.29 is 4.39 Å². The summed E-state index contributed by atoms with van der Waals surface area (Å²) in [6.07, 6.45) is 0. The Morgan fingerprint density at radius 1 is 0.941 bits per heavy atom. The van der Waals surface area contributed by atoms with Gasteiger partial charge in [0.15, 0.2) is 0 Å². The summed E-state index contributed by atoms with van der Waals surface area (Å²) < 4.78 is 13.8. The molecule has 0 saturated carbocycles. The van der Waals surface area contributed by atoms with Crippen molar-refractivity contribution in [2.75, 3.05) is 0 Å². The third kappa shape index (κ3) is 2.12. The van der Waals surface area contributed by atoms with Crippen LogP contribution in [0.1, 0.15) is 5.56 Å². The summed E-state index contributed by atoms with van der Waals surface area (Å²) >= 11 is 12.0. The van der Waals surface area contributed by atoms with E-state index < -0.39 is 5.82 Å². The first kappa shape index (κ1) is 11.9. The highest BCUT2D eigenvalue weighted by atomic mass is 35.5. The van der Waals surface area contributed by atoms with Crippen LogP contribution in [0.25, 0.3) is 11.1 Å². The second-order valence-corrected chi connectivity index (χ2v) is 4.19. The summed E-state index contributed by atoms with van der Waals surface area (Å²) in [6.45, 7) is 0. The van der Waals surface area contributed by atoms with Gasteiger partial charge in [-0.05, 0) is 24.3 Å². The molecule has 2 aromatic carbocycles. The highest BCUT2D eigenvalue weighted by molar-refractivity contribution is 6.39. The highest BCUT2D eigenvalue weighted by Crippen LogP contribution is 2.37. The monoisotopic (exact) mass is 265 g/mol. The van der Waals surface area contributed by atoms with Gasteiger partial charge in [-0.1, -0.05) is 35.3 Å². The predicted octanol–water partition coefficient (Wildman–Crippen LogP) is 4.67. The Bertz CT molecular complexity index is 597. The second-order valence-electron chi connectivity index (χ2n) is 3.37. The van der Waals surface area contributed by atoms with Gasteiger partial charge in [0.2, 0.25) is 0 Å². The zero-order valence-electron chi connectivity index (χ0n) is 8.55. The zero-order valence-corrected chi connectivity index (χ0v) is 10.1. The van der Waals surface area contributed by atoms with E-state index in [1.165, 1.54) is 18.2 Å².